The summed E-state index contributed by atoms with van der Waals surface area (Å²) in [7, 11) is 0. The highest BCUT2D eigenvalue weighted by atomic mass is 16.5. The summed E-state index contributed by atoms with van der Waals surface area (Å²) in [6, 6.07) is 48.4. The third-order valence-electron chi connectivity index (χ3n) is 8.85. The second-order valence-corrected chi connectivity index (χ2v) is 11.0. The topological polar surface area (TPSA) is 18.5 Å². The molecule has 8 rings (SSSR count). The molecule has 1 aliphatic carbocycles. The van der Waals surface area contributed by atoms with Gasteiger partial charge in [-0.15, -0.1) is 0 Å². The van der Waals surface area contributed by atoms with Crippen LogP contribution in [0, 0.1) is 0 Å². The van der Waals surface area contributed by atoms with Crippen molar-refractivity contribution in [2.45, 2.75) is 5.41 Å². The highest BCUT2D eigenvalue weighted by Gasteiger charge is 2.47. The molecule has 0 saturated carbocycles. The smallest absolute Gasteiger partial charge is 0.127 e. The molecule has 0 unspecified atom stereocenters. The van der Waals surface area contributed by atoms with E-state index in [0.717, 1.165) is 33.0 Å². The largest absolute Gasteiger partial charge is 0.466 e. The Morgan fingerprint density at radius 3 is 1.65 bits per heavy atom. The average Bonchev–Trinajstić information content (AvgIpc) is 3.36. The van der Waals surface area contributed by atoms with Crippen molar-refractivity contribution in [1.29, 1.82) is 0 Å². The molecule has 7 aromatic carbocycles. The molecule has 0 spiro atoms. The molecule has 7 aromatic rings. The van der Waals surface area contributed by atoms with Gasteiger partial charge in [0.25, 0.3) is 0 Å². The summed E-state index contributed by atoms with van der Waals surface area (Å²) in [5.74, 6) is 1.56. The maximum Gasteiger partial charge on any atom is 0.127 e. The zero-order valence-corrected chi connectivity index (χ0v) is 23.6. The molecule has 0 saturated heterocycles. The molecule has 204 valence electrons. The summed E-state index contributed by atoms with van der Waals surface area (Å²) in [5.41, 5.74) is 7.08. The normalized spacial score (nSPS) is 13.0. The summed E-state index contributed by atoms with van der Waals surface area (Å²) in [6.45, 7) is 7.43. The molecule has 0 amide bonds. The number of ether oxygens (including phenoxy) is 2. The van der Waals surface area contributed by atoms with Gasteiger partial charge in [0.2, 0.25) is 0 Å². The van der Waals surface area contributed by atoms with E-state index >= 15 is 0 Å². The standard InChI is InChI=1S/C41H28O2/c1-3-42-34-20-15-28-23-32(18-13-30(28)25-34)41(33-19-14-31-26-35(43-4-2)21-16-29(31)24-33)39-12-8-7-11-37(39)38-22-17-27-9-5-6-10-36(27)40(38)41/h3-26H,1-2H2. The molecule has 2 nitrogen and oxygen atoms in total. The predicted molar refractivity (Wildman–Crippen MR) is 178 cm³/mol. The van der Waals surface area contributed by atoms with Crippen LogP contribution in [-0.4, -0.2) is 0 Å². The van der Waals surface area contributed by atoms with Crippen LogP contribution in [0.15, 0.2) is 159 Å². The Morgan fingerprint density at radius 2 is 1.00 bits per heavy atom. The van der Waals surface area contributed by atoms with Crippen molar-refractivity contribution in [2.75, 3.05) is 0 Å². The van der Waals surface area contributed by atoms with Crippen molar-refractivity contribution in [3.8, 4) is 22.6 Å². The first-order valence-corrected chi connectivity index (χ1v) is 14.5. The molecule has 0 radical (unpaired) electrons. The average molecular weight is 553 g/mol. The minimum Gasteiger partial charge on any atom is -0.466 e. The molecule has 2 heteroatoms. The summed E-state index contributed by atoms with van der Waals surface area (Å²) in [4.78, 5) is 0. The van der Waals surface area contributed by atoms with E-state index in [-0.39, 0.29) is 0 Å². The summed E-state index contributed by atoms with van der Waals surface area (Å²) < 4.78 is 11.2. The molecule has 0 heterocycles. The maximum atomic E-state index is 5.59. The third-order valence-corrected chi connectivity index (χ3v) is 8.85. The highest BCUT2D eigenvalue weighted by molar-refractivity contribution is 6.01. The second-order valence-electron chi connectivity index (χ2n) is 11.0. The van der Waals surface area contributed by atoms with Crippen molar-refractivity contribution >= 4 is 32.3 Å². The van der Waals surface area contributed by atoms with Gasteiger partial charge in [-0.25, -0.2) is 0 Å². The molecule has 1 aliphatic rings. The summed E-state index contributed by atoms with van der Waals surface area (Å²) in [5, 5.41) is 7.06. The van der Waals surface area contributed by atoms with Gasteiger partial charge in [-0.3, -0.25) is 0 Å². The summed E-state index contributed by atoms with van der Waals surface area (Å²) in [6.07, 6.45) is 2.93. The molecule has 43 heavy (non-hydrogen) atoms. The van der Waals surface area contributed by atoms with Crippen LogP contribution < -0.4 is 9.47 Å². The second kappa shape index (κ2) is 9.75. The monoisotopic (exact) mass is 552 g/mol. The van der Waals surface area contributed by atoms with Crippen LogP contribution >= 0.6 is 0 Å². The Balaban J connectivity index is 1.49. The van der Waals surface area contributed by atoms with Crippen molar-refractivity contribution in [1.82, 2.24) is 0 Å². The van der Waals surface area contributed by atoms with Gasteiger partial charge in [0.05, 0.1) is 17.9 Å². The van der Waals surface area contributed by atoms with Gasteiger partial charge in [0.15, 0.2) is 0 Å². The van der Waals surface area contributed by atoms with Crippen LogP contribution in [0.25, 0.3) is 43.4 Å². The van der Waals surface area contributed by atoms with E-state index in [1.165, 1.54) is 56.7 Å². The Labute approximate surface area is 250 Å². The number of benzene rings is 7. The third kappa shape index (κ3) is 3.73. The fourth-order valence-corrected chi connectivity index (χ4v) is 7.10. The zero-order chi connectivity index (χ0) is 29.0. The highest BCUT2D eigenvalue weighted by Crippen LogP contribution is 2.58. The lowest BCUT2D eigenvalue weighted by molar-refractivity contribution is 0.484. The van der Waals surface area contributed by atoms with Gasteiger partial charge >= 0.3 is 0 Å². The van der Waals surface area contributed by atoms with Crippen LogP contribution in [0.4, 0.5) is 0 Å². The van der Waals surface area contributed by atoms with Crippen LogP contribution in [0.5, 0.6) is 11.5 Å². The van der Waals surface area contributed by atoms with E-state index in [1.54, 1.807) is 0 Å². The molecular weight excluding hydrogens is 524 g/mol. The minimum atomic E-state index is -0.540. The molecule has 0 aromatic heterocycles. The fourth-order valence-electron chi connectivity index (χ4n) is 7.10. The SMILES string of the molecule is C=COc1ccc2cc(C3(c4ccc5cc(OC=C)ccc5c4)c4ccccc4-c4ccc5ccccc5c43)ccc2c1. The fraction of sp³-hybridized carbons (Fsp3) is 0.0244. The number of hydrogen-bond acceptors (Lipinski definition) is 2. The molecule has 0 bridgehead atoms. The van der Waals surface area contributed by atoms with Gasteiger partial charge in [0, 0.05) is 0 Å². The van der Waals surface area contributed by atoms with Crippen LogP contribution in [0.1, 0.15) is 22.3 Å². The maximum absolute atomic E-state index is 5.59. The van der Waals surface area contributed by atoms with E-state index < -0.39 is 5.41 Å². The lowest BCUT2D eigenvalue weighted by Gasteiger charge is -2.35. The van der Waals surface area contributed by atoms with Crippen LogP contribution in [0.3, 0.4) is 0 Å². The first kappa shape index (κ1) is 25.1. The van der Waals surface area contributed by atoms with Gasteiger partial charge in [0.1, 0.15) is 11.5 Å². The van der Waals surface area contributed by atoms with Gasteiger partial charge in [-0.1, -0.05) is 110 Å². The molecule has 0 N–H and O–H groups in total. The van der Waals surface area contributed by atoms with Crippen molar-refractivity contribution in [3.05, 3.63) is 181 Å². The van der Waals surface area contributed by atoms with E-state index in [0.29, 0.717) is 0 Å². The first-order chi connectivity index (χ1) is 21.2. The molecular formula is C41H28O2. The van der Waals surface area contributed by atoms with Gasteiger partial charge in [-0.05, 0) is 102 Å². The summed E-state index contributed by atoms with van der Waals surface area (Å²) >= 11 is 0. The molecule has 0 aliphatic heterocycles. The zero-order valence-electron chi connectivity index (χ0n) is 23.6. The number of hydrogen-bond donors (Lipinski definition) is 0. The Kier molecular flexibility index (Phi) is 5.70. The molecule has 0 fully saturated rings. The minimum absolute atomic E-state index is 0.540. The van der Waals surface area contributed by atoms with Crippen molar-refractivity contribution in [3.63, 3.8) is 0 Å². The van der Waals surface area contributed by atoms with E-state index in [4.69, 9.17) is 9.47 Å². The van der Waals surface area contributed by atoms with Crippen molar-refractivity contribution < 1.29 is 9.47 Å². The lowest BCUT2D eigenvalue weighted by Crippen LogP contribution is -2.29. The van der Waals surface area contributed by atoms with Crippen LogP contribution in [0.2, 0.25) is 0 Å². The predicted octanol–water partition coefficient (Wildman–Crippen LogP) is 10.6. The van der Waals surface area contributed by atoms with Gasteiger partial charge in [-0.2, -0.15) is 0 Å². The molecule has 0 atom stereocenters. The Morgan fingerprint density at radius 1 is 0.465 bits per heavy atom. The number of fused-ring (bicyclic) bond motifs is 7. The van der Waals surface area contributed by atoms with E-state index in [9.17, 15) is 0 Å². The quantitative estimate of drug-likeness (QED) is 0.191. The Bertz CT molecular complexity index is 2150. The van der Waals surface area contributed by atoms with Crippen LogP contribution in [-0.2, 0) is 5.41 Å². The van der Waals surface area contributed by atoms with E-state index in [2.05, 4.69) is 134 Å². The lowest BCUT2D eigenvalue weighted by atomic mass is 9.66. The van der Waals surface area contributed by atoms with Gasteiger partial charge < -0.3 is 9.47 Å². The van der Waals surface area contributed by atoms with Crippen molar-refractivity contribution in [2.24, 2.45) is 0 Å². The first-order valence-electron chi connectivity index (χ1n) is 14.5. The number of rotatable bonds is 6. The van der Waals surface area contributed by atoms with E-state index in [1.807, 2.05) is 12.1 Å². The Hall–Kier alpha value is -5.60.